The van der Waals surface area contributed by atoms with E-state index in [1.807, 2.05) is 24.5 Å². The van der Waals surface area contributed by atoms with Crippen LogP contribution in [0.15, 0.2) is 29.4 Å². The van der Waals surface area contributed by atoms with Gasteiger partial charge in [0.1, 0.15) is 0 Å². The van der Waals surface area contributed by atoms with Gasteiger partial charge in [0.05, 0.1) is 24.1 Å². The van der Waals surface area contributed by atoms with Crippen LogP contribution in [0.4, 0.5) is 5.82 Å². The van der Waals surface area contributed by atoms with Gasteiger partial charge in [0.2, 0.25) is 0 Å². The van der Waals surface area contributed by atoms with Crippen molar-refractivity contribution in [2.45, 2.75) is 6.54 Å². The van der Waals surface area contributed by atoms with Crippen molar-refractivity contribution in [1.82, 2.24) is 9.55 Å². The Morgan fingerprint density at radius 1 is 1.33 bits per heavy atom. The SMILES string of the molecule is C1=Nc2cnc3cccc-3n2C1. The van der Waals surface area contributed by atoms with Gasteiger partial charge in [-0.05, 0) is 12.1 Å². The van der Waals surface area contributed by atoms with Gasteiger partial charge in [-0.15, -0.1) is 0 Å². The Hall–Kier alpha value is -1.64. The Morgan fingerprint density at radius 3 is 3.33 bits per heavy atom. The van der Waals surface area contributed by atoms with Gasteiger partial charge in [0.25, 0.3) is 0 Å². The summed E-state index contributed by atoms with van der Waals surface area (Å²) in [6.07, 6.45) is 3.72. The summed E-state index contributed by atoms with van der Waals surface area (Å²) >= 11 is 0. The van der Waals surface area contributed by atoms with Crippen molar-refractivity contribution in [3.05, 3.63) is 24.4 Å². The minimum Gasteiger partial charge on any atom is -0.318 e. The van der Waals surface area contributed by atoms with Crippen LogP contribution in [0.3, 0.4) is 0 Å². The normalized spacial score (nSPS) is 14.0. The molecule has 0 N–H and O–H groups in total. The molecular weight excluding hydrogens is 150 g/mol. The molecule has 0 amide bonds. The second-order valence-corrected chi connectivity index (χ2v) is 2.83. The van der Waals surface area contributed by atoms with E-state index in [0.717, 1.165) is 18.1 Å². The molecule has 3 heteroatoms. The van der Waals surface area contributed by atoms with E-state index < -0.39 is 0 Å². The smallest absolute Gasteiger partial charge is 0.151 e. The van der Waals surface area contributed by atoms with Crippen LogP contribution in [-0.2, 0) is 6.54 Å². The average Bonchev–Trinajstić information content (AvgIpc) is 2.71. The lowest BCUT2D eigenvalue weighted by molar-refractivity contribution is 0.886. The Balaban J connectivity index is 2.41. The summed E-state index contributed by atoms with van der Waals surface area (Å²) in [5, 5.41) is 0. The van der Waals surface area contributed by atoms with Crippen LogP contribution in [0.25, 0.3) is 11.4 Å². The topological polar surface area (TPSA) is 30.2 Å². The average molecular weight is 157 g/mol. The number of rotatable bonds is 0. The summed E-state index contributed by atoms with van der Waals surface area (Å²) in [5.74, 6) is 0.952. The van der Waals surface area contributed by atoms with Crippen LogP contribution < -0.4 is 0 Å². The van der Waals surface area contributed by atoms with Gasteiger partial charge >= 0.3 is 0 Å². The molecule has 0 aromatic rings. The van der Waals surface area contributed by atoms with E-state index >= 15 is 0 Å². The minimum absolute atomic E-state index is 0.873. The molecule has 0 fully saturated rings. The van der Waals surface area contributed by atoms with E-state index in [1.165, 1.54) is 5.69 Å². The molecule has 2 heterocycles. The van der Waals surface area contributed by atoms with Crippen LogP contribution in [0.5, 0.6) is 0 Å². The van der Waals surface area contributed by atoms with E-state index in [4.69, 9.17) is 0 Å². The van der Waals surface area contributed by atoms with E-state index in [1.54, 1.807) is 0 Å². The molecule has 0 aromatic carbocycles. The van der Waals surface area contributed by atoms with Crippen LogP contribution in [0.2, 0.25) is 0 Å². The van der Waals surface area contributed by atoms with Crippen molar-refractivity contribution in [3.8, 4) is 11.4 Å². The zero-order chi connectivity index (χ0) is 7.97. The molecule has 0 unspecified atom stereocenters. The summed E-state index contributed by atoms with van der Waals surface area (Å²) < 4.78 is 2.16. The molecule has 1 aliphatic carbocycles. The lowest BCUT2D eigenvalue weighted by Gasteiger charge is -2.07. The predicted molar refractivity (Wildman–Crippen MR) is 47.0 cm³/mol. The first-order valence-corrected chi connectivity index (χ1v) is 3.92. The zero-order valence-corrected chi connectivity index (χ0v) is 6.44. The molecule has 0 aromatic heterocycles. The van der Waals surface area contributed by atoms with Crippen LogP contribution in [-0.4, -0.2) is 15.8 Å². The van der Waals surface area contributed by atoms with E-state index in [-0.39, 0.29) is 0 Å². The number of nitrogens with zero attached hydrogens (tertiary/aromatic N) is 3. The van der Waals surface area contributed by atoms with Crippen LogP contribution in [0.1, 0.15) is 0 Å². The molecule has 0 spiro atoms. The minimum atomic E-state index is 0.873. The fourth-order valence-electron chi connectivity index (χ4n) is 1.57. The summed E-state index contributed by atoms with van der Waals surface area (Å²) in [5.41, 5.74) is 2.22. The first kappa shape index (κ1) is 5.94. The molecule has 0 bridgehead atoms. The number of aromatic nitrogens is 2. The number of aliphatic imine (C=N–C) groups is 1. The van der Waals surface area contributed by atoms with Crippen molar-refractivity contribution < 1.29 is 0 Å². The fraction of sp³-hybridized carbons (Fsp3) is 0.111. The van der Waals surface area contributed by atoms with Crippen LogP contribution >= 0.6 is 0 Å². The van der Waals surface area contributed by atoms with E-state index in [2.05, 4.69) is 20.6 Å². The first-order chi connectivity index (χ1) is 5.95. The highest BCUT2D eigenvalue weighted by Crippen LogP contribution is 2.27. The third-order valence-electron chi connectivity index (χ3n) is 2.14. The van der Waals surface area contributed by atoms with Gasteiger partial charge < -0.3 is 4.57 Å². The Bertz CT molecular complexity index is 428. The van der Waals surface area contributed by atoms with Gasteiger partial charge in [-0.25, -0.2) is 4.99 Å². The molecule has 58 valence electrons. The Labute approximate surface area is 69.7 Å². The van der Waals surface area contributed by atoms with Gasteiger partial charge in [0, 0.05) is 6.21 Å². The van der Waals surface area contributed by atoms with Gasteiger partial charge in [0.15, 0.2) is 5.82 Å². The summed E-state index contributed by atoms with van der Waals surface area (Å²) in [6, 6.07) is 6.10. The molecule has 0 atom stereocenters. The van der Waals surface area contributed by atoms with Crippen molar-refractivity contribution in [2.75, 3.05) is 0 Å². The quantitative estimate of drug-likeness (QED) is 0.572. The second kappa shape index (κ2) is 1.94. The number of hydrogen-bond donors (Lipinski definition) is 0. The lowest BCUT2D eigenvalue weighted by atomic mass is 10.3. The highest BCUT2D eigenvalue weighted by molar-refractivity contribution is 5.71. The third kappa shape index (κ3) is 0.605. The third-order valence-corrected chi connectivity index (χ3v) is 2.14. The molecule has 2 aliphatic heterocycles. The summed E-state index contributed by atoms with van der Waals surface area (Å²) in [7, 11) is 0. The standard InChI is InChI=1S/C9H7N3/c1-2-7-8(3-1)12-5-4-10-9(12)6-11-7/h1-4,6H,5H2. The van der Waals surface area contributed by atoms with Crippen molar-refractivity contribution >= 4 is 12.0 Å². The maximum atomic E-state index is 4.28. The molecule has 3 nitrogen and oxygen atoms in total. The van der Waals surface area contributed by atoms with Gasteiger partial charge in [-0.2, -0.15) is 0 Å². The highest BCUT2D eigenvalue weighted by atomic mass is 15.1. The number of fused-ring (bicyclic) bond motifs is 3. The predicted octanol–water partition coefficient (Wildman–Crippen LogP) is 1.70. The first-order valence-electron chi connectivity index (χ1n) is 3.92. The van der Waals surface area contributed by atoms with Crippen molar-refractivity contribution in [1.29, 1.82) is 0 Å². The second-order valence-electron chi connectivity index (χ2n) is 2.83. The van der Waals surface area contributed by atoms with Gasteiger partial charge in [-0.3, -0.25) is 4.98 Å². The molecular formula is C9H7N3. The fourth-order valence-corrected chi connectivity index (χ4v) is 1.57. The van der Waals surface area contributed by atoms with E-state index in [9.17, 15) is 0 Å². The maximum absolute atomic E-state index is 4.28. The molecule has 3 rings (SSSR count). The largest absolute Gasteiger partial charge is 0.318 e. The Kier molecular flexibility index (Phi) is 0.961. The van der Waals surface area contributed by atoms with Gasteiger partial charge in [-0.1, -0.05) is 6.07 Å². The van der Waals surface area contributed by atoms with E-state index in [0.29, 0.717) is 0 Å². The molecule has 3 aliphatic rings. The number of hydrogen-bond acceptors (Lipinski definition) is 2. The summed E-state index contributed by atoms with van der Waals surface area (Å²) in [4.78, 5) is 8.48. The Morgan fingerprint density at radius 2 is 2.33 bits per heavy atom. The van der Waals surface area contributed by atoms with Crippen molar-refractivity contribution in [3.63, 3.8) is 0 Å². The highest BCUT2D eigenvalue weighted by Gasteiger charge is 2.12. The summed E-state index contributed by atoms with van der Waals surface area (Å²) in [6.45, 7) is 0.873. The lowest BCUT2D eigenvalue weighted by Crippen LogP contribution is -1.99. The molecule has 0 radical (unpaired) electrons. The van der Waals surface area contributed by atoms with Crippen LogP contribution in [0, 0.1) is 0 Å². The zero-order valence-electron chi connectivity index (χ0n) is 6.44. The maximum Gasteiger partial charge on any atom is 0.151 e. The molecule has 0 saturated carbocycles. The monoisotopic (exact) mass is 157 g/mol. The molecule has 0 saturated heterocycles. The van der Waals surface area contributed by atoms with Crippen molar-refractivity contribution in [2.24, 2.45) is 4.99 Å². The molecule has 12 heavy (non-hydrogen) atoms.